The molecule has 0 radical (unpaired) electrons. The monoisotopic (exact) mass is 323 g/mol. The maximum atomic E-state index is 13.1. The van der Waals surface area contributed by atoms with Crippen LogP contribution in [0.3, 0.4) is 0 Å². The molecule has 1 N–H and O–H groups in total. The Morgan fingerprint density at radius 2 is 1.89 bits per heavy atom. The summed E-state index contributed by atoms with van der Waals surface area (Å²) in [6, 6.07) is 12.4. The second-order valence-electron chi connectivity index (χ2n) is 4.19. The van der Waals surface area contributed by atoms with Gasteiger partial charge >= 0.3 is 0 Å². The number of benzene rings is 2. The van der Waals surface area contributed by atoms with Gasteiger partial charge in [-0.15, -0.1) is 0 Å². The lowest BCUT2D eigenvalue weighted by atomic mass is 10.2. The van der Waals surface area contributed by atoms with Gasteiger partial charge in [-0.25, -0.2) is 4.39 Å². The van der Waals surface area contributed by atoms with E-state index in [2.05, 4.69) is 21.2 Å². The third kappa shape index (κ3) is 4.24. The van der Waals surface area contributed by atoms with E-state index in [4.69, 9.17) is 4.74 Å². The molecule has 0 saturated carbocycles. The van der Waals surface area contributed by atoms with E-state index in [1.54, 1.807) is 6.07 Å². The lowest BCUT2D eigenvalue weighted by molar-refractivity contribution is 0.333. The molecule has 0 heterocycles. The van der Waals surface area contributed by atoms with Crippen LogP contribution in [0.4, 0.5) is 10.1 Å². The summed E-state index contributed by atoms with van der Waals surface area (Å²) >= 11 is 3.37. The first-order valence-corrected chi connectivity index (χ1v) is 6.83. The number of hydrogen-bond donors (Lipinski definition) is 1. The molecule has 100 valence electrons. The molecule has 0 aliphatic carbocycles. The van der Waals surface area contributed by atoms with E-state index in [1.807, 2.05) is 31.2 Å². The first-order chi connectivity index (χ1) is 9.15. The standard InChI is InChI=1S/C15H15BrFNO/c1-11-2-5-13(17)10-15(11)18-8-9-19-14-6-3-12(16)4-7-14/h2-7,10,18H,8-9H2,1H3. The van der Waals surface area contributed by atoms with E-state index in [9.17, 15) is 4.39 Å². The molecule has 0 amide bonds. The second-order valence-corrected chi connectivity index (χ2v) is 5.10. The Morgan fingerprint density at radius 3 is 2.63 bits per heavy atom. The fourth-order valence-corrected chi connectivity index (χ4v) is 1.93. The van der Waals surface area contributed by atoms with Gasteiger partial charge < -0.3 is 10.1 Å². The molecular weight excluding hydrogens is 309 g/mol. The van der Waals surface area contributed by atoms with Crippen molar-refractivity contribution in [3.05, 3.63) is 58.3 Å². The van der Waals surface area contributed by atoms with Gasteiger partial charge in [0.2, 0.25) is 0 Å². The molecule has 0 saturated heterocycles. The summed E-state index contributed by atoms with van der Waals surface area (Å²) in [5.41, 5.74) is 1.82. The van der Waals surface area contributed by atoms with E-state index in [-0.39, 0.29) is 5.82 Å². The van der Waals surface area contributed by atoms with Gasteiger partial charge in [0.25, 0.3) is 0 Å². The van der Waals surface area contributed by atoms with Crippen LogP contribution >= 0.6 is 15.9 Å². The van der Waals surface area contributed by atoms with Crippen LogP contribution in [0.5, 0.6) is 5.75 Å². The SMILES string of the molecule is Cc1ccc(F)cc1NCCOc1ccc(Br)cc1. The Bertz CT molecular complexity index is 542. The molecule has 0 bridgehead atoms. The van der Waals surface area contributed by atoms with Crippen molar-refractivity contribution < 1.29 is 9.13 Å². The Morgan fingerprint density at radius 1 is 1.16 bits per heavy atom. The summed E-state index contributed by atoms with van der Waals surface area (Å²) in [4.78, 5) is 0. The van der Waals surface area contributed by atoms with E-state index >= 15 is 0 Å². The van der Waals surface area contributed by atoms with E-state index in [0.717, 1.165) is 21.5 Å². The van der Waals surface area contributed by atoms with Gasteiger partial charge in [0, 0.05) is 16.7 Å². The molecule has 0 aliphatic rings. The molecule has 2 aromatic rings. The molecule has 2 nitrogen and oxygen atoms in total. The highest BCUT2D eigenvalue weighted by Gasteiger charge is 2.00. The smallest absolute Gasteiger partial charge is 0.125 e. The number of rotatable bonds is 5. The van der Waals surface area contributed by atoms with Crippen molar-refractivity contribution >= 4 is 21.6 Å². The average molecular weight is 324 g/mol. The van der Waals surface area contributed by atoms with Gasteiger partial charge in [0.15, 0.2) is 0 Å². The maximum Gasteiger partial charge on any atom is 0.125 e. The highest BCUT2D eigenvalue weighted by molar-refractivity contribution is 9.10. The molecule has 2 rings (SSSR count). The molecule has 2 aromatic carbocycles. The maximum absolute atomic E-state index is 13.1. The highest BCUT2D eigenvalue weighted by atomic mass is 79.9. The van der Waals surface area contributed by atoms with Crippen molar-refractivity contribution in [2.24, 2.45) is 0 Å². The van der Waals surface area contributed by atoms with Crippen LogP contribution in [0.15, 0.2) is 46.9 Å². The number of aryl methyl sites for hydroxylation is 1. The predicted molar refractivity (Wildman–Crippen MR) is 79.3 cm³/mol. The Kier molecular flexibility index (Phi) is 4.80. The van der Waals surface area contributed by atoms with Crippen LogP contribution in [-0.4, -0.2) is 13.2 Å². The molecule has 4 heteroatoms. The van der Waals surface area contributed by atoms with Crippen LogP contribution < -0.4 is 10.1 Å². The zero-order chi connectivity index (χ0) is 13.7. The van der Waals surface area contributed by atoms with Gasteiger partial charge in [-0.1, -0.05) is 22.0 Å². The van der Waals surface area contributed by atoms with Gasteiger partial charge in [-0.3, -0.25) is 0 Å². The zero-order valence-electron chi connectivity index (χ0n) is 10.6. The van der Waals surface area contributed by atoms with Crippen LogP contribution in [0.1, 0.15) is 5.56 Å². The second kappa shape index (κ2) is 6.57. The molecular formula is C15H15BrFNO. The Balaban J connectivity index is 1.80. The first kappa shape index (κ1) is 13.9. The summed E-state index contributed by atoms with van der Waals surface area (Å²) in [5.74, 6) is 0.586. The fraction of sp³-hybridized carbons (Fsp3) is 0.200. The predicted octanol–water partition coefficient (Wildman–Crippen LogP) is 4.39. The Labute approximate surface area is 120 Å². The van der Waals surface area contributed by atoms with Crippen LogP contribution in [-0.2, 0) is 0 Å². The molecule has 0 aliphatic heterocycles. The largest absolute Gasteiger partial charge is 0.492 e. The normalized spacial score (nSPS) is 10.3. The summed E-state index contributed by atoms with van der Waals surface area (Å²) in [5, 5.41) is 3.16. The van der Waals surface area contributed by atoms with Crippen LogP contribution in [0.25, 0.3) is 0 Å². The third-order valence-electron chi connectivity index (χ3n) is 2.70. The first-order valence-electron chi connectivity index (χ1n) is 6.03. The van der Waals surface area contributed by atoms with Crippen molar-refractivity contribution in [1.82, 2.24) is 0 Å². The van der Waals surface area contributed by atoms with Crippen molar-refractivity contribution in [1.29, 1.82) is 0 Å². The molecule has 0 spiro atoms. The lowest BCUT2D eigenvalue weighted by Gasteiger charge is -2.10. The zero-order valence-corrected chi connectivity index (χ0v) is 12.2. The van der Waals surface area contributed by atoms with Gasteiger partial charge in [0.1, 0.15) is 18.2 Å². The fourth-order valence-electron chi connectivity index (χ4n) is 1.67. The lowest BCUT2D eigenvalue weighted by Crippen LogP contribution is -2.12. The van der Waals surface area contributed by atoms with Crippen molar-refractivity contribution in [3.63, 3.8) is 0 Å². The number of anilines is 1. The Hall–Kier alpha value is -1.55. The van der Waals surface area contributed by atoms with Crippen molar-refractivity contribution in [2.45, 2.75) is 6.92 Å². The van der Waals surface area contributed by atoms with Gasteiger partial charge in [0.05, 0.1) is 0 Å². The molecule has 0 aromatic heterocycles. The van der Waals surface area contributed by atoms with E-state index in [0.29, 0.717) is 13.2 Å². The summed E-state index contributed by atoms with van der Waals surface area (Å²) in [6.45, 7) is 3.09. The summed E-state index contributed by atoms with van der Waals surface area (Å²) < 4.78 is 19.7. The van der Waals surface area contributed by atoms with Gasteiger partial charge in [-0.2, -0.15) is 0 Å². The molecule has 0 atom stereocenters. The minimum atomic E-state index is -0.234. The summed E-state index contributed by atoms with van der Waals surface area (Å²) in [7, 11) is 0. The summed E-state index contributed by atoms with van der Waals surface area (Å²) in [6.07, 6.45) is 0. The average Bonchev–Trinajstić information content (AvgIpc) is 2.40. The molecule has 0 unspecified atom stereocenters. The number of ether oxygens (including phenoxy) is 1. The van der Waals surface area contributed by atoms with Crippen LogP contribution in [0, 0.1) is 12.7 Å². The number of nitrogens with one attached hydrogen (secondary N) is 1. The van der Waals surface area contributed by atoms with E-state index in [1.165, 1.54) is 12.1 Å². The van der Waals surface area contributed by atoms with Crippen molar-refractivity contribution in [3.8, 4) is 5.75 Å². The van der Waals surface area contributed by atoms with Crippen LogP contribution in [0.2, 0.25) is 0 Å². The molecule has 0 fully saturated rings. The van der Waals surface area contributed by atoms with Crippen molar-refractivity contribution in [2.75, 3.05) is 18.5 Å². The third-order valence-corrected chi connectivity index (χ3v) is 3.23. The minimum Gasteiger partial charge on any atom is -0.492 e. The highest BCUT2D eigenvalue weighted by Crippen LogP contribution is 2.17. The van der Waals surface area contributed by atoms with Gasteiger partial charge in [-0.05, 0) is 48.9 Å². The topological polar surface area (TPSA) is 21.3 Å². The van der Waals surface area contributed by atoms with E-state index < -0.39 is 0 Å². The quantitative estimate of drug-likeness (QED) is 0.824. The minimum absolute atomic E-state index is 0.234. The number of hydrogen-bond acceptors (Lipinski definition) is 2. The number of halogens is 2. The molecule has 19 heavy (non-hydrogen) atoms.